The first-order valence-electron chi connectivity index (χ1n) is 12.9. The van der Waals surface area contributed by atoms with Crippen LogP contribution in [-0.2, 0) is 19.1 Å². The summed E-state index contributed by atoms with van der Waals surface area (Å²) in [5.41, 5.74) is 3.64. The van der Waals surface area contributed by atoms with Crippen LogP contribution in [0.4, 0.5) is 4.79 Å². The van der Waals surface area contributed by atoms with E-state index >= 15 is 0 Å². The Morgan fingerprint density at radius 1 is 1.05 bits per heavy atom. The minimum absolute atomic E-state index is 0.0312. The molecule has 7 nitrogen and oxygen atoms in total. The second kappa shape index (κ2) is 11.7. The molecule has 0 N–H and O–H groups in total. The zero-order valence-corrected chi connectivity index (χ0v) is 23.1. The number of nitrogens with zero attached hydrogens (tertiary/aromatic N) is 2. The van der Waals surface area contributed by atoms with Crippen LogP contribution >= 0.6 is 11.8 Å². The van der Waals surface area contributed by atoms with Gasteiger partial charge in [-0.15, -0.1) is 5.92 Å². The van der Waals surface area contributed by atoms with Crippen LogP contribution < -0.4 is 0 Å². The van der Waals surface area contributed by atoms with Crippen LogP contribution in [0.5, 0.6) is 0 Å². The predicted molar refractivity (Wildman–Crippen MR) is 145 cm³/mol. The van der Waals surface area contributed by atoms with Gasteiger partial charge in [0, 0.05) is 56.1 Å². The van der Waals surface area contributed by atoms with Crippen molar-refractivity contribution in [1.29, 1.82) is 0 Å². The number of aryl methyl sites for hydroxylation is 2. The lowest BCUT2D eigenvalue weighted by Gasteiger charge is -2.44. The fraction of sp³-hybridized carbons (Fsp3) is 0.552. The number of ketones is 1. The van der Waals surface area contributed by atoms with E-state index in [1.807, 2.05) is 42.6 Å². The second-order valence-electron chi connectivity index (χ2n) is 10.3. The third kappa shape index (κ3) is 6.22. The number of hydrogen-bond donors (Lipinski definition) is 0. The highest BCUT2D eigenvalue weighted by Crippen LogP contribution is 2.48. The number of carbonyl (C=O) groups is 3. The summed E-state index contributed by atoms with van der Waals surface area (Å²) in [6.45, 7) is 9.29. The molecule has 1 amide bonds. The molecule has 2 aliphatic heterocycles. The number of allylic oxidation sites excluding steroid dienone is 2. The van der Waals surface area contributed by atoms with Crippen LogP contribution in [0.3, 0.4) is 0 Å². The molecule has 0 atom stereocenters. The highest BCUT2D eigenvalue weighted by Gasteiger charge is 2.45. The van der Waals surface area contributed by atoms with Gasteiger partial charge in [0.1, 0.15) is 5.76 Å². The quantitative estimate of drug-likeness (QED) is 0.432. The minimum Gasteiger partial charge on any atom is -0.437 e. The molecular weight excluding hydrogens is 488 g/mol. The Kier molecular flexibility index (Phi) is 8.66. The second-order valence-corrected chi connectivity index (χ2v) is 11.5. The highest BCUT2D eigenvalue weighted by molar-refractivity contribution is 7.99. The average molecular weight is 525 g/mol. The van der Waals surface area contributed by atoms with Crippen LogP contribution in [0.25, 0.3) is 5.57 Å². The van der Waals surface area contributed by atoms with E-state index in [0.29, 0.717) is 56.6 Å². The molecule has 8 heteroatoms. The molecular formula is C29H36N2O5S. The summed E-state index contributed by atoms with van der Waals surface area (Å²) in [7, 11) is 1.27. The maximum Gasteiger partial charge on any atom is 0.513 e. The van der Waals surface area contributed by atoms with Crippen LogP contribution in [-0.4, -0.2) is 79.0 Å². The fourth-order valence-corrected chi connectivity index (χ4v) is 6.77. The number of Topliss-reactive ketones (excluding diaryl/α,β-unsaturated/α-hetero) is 1. The Bertz CT molecular complexity index is 1140. The van der Waals surface area contributed by atoms with Crippen LogP contribution in [0.1, 0.15) is 54.9 Å². The van der Waals surface area contributed by atoms with Gasteiger partial charge in [-0.1, -0.05) is 5.92 Å². The van der Waals surface area contributed by atoms with Crippen molar-refractivity contribution in [3.8, 4) is 11.8 Å². The van der Waals surface area contributed by atoms with Crippen molar-refractivity contribution in [2.45, 2.75) is 46.5 Å². The van der Waals surface area contributed by atoms with Gasteiger partial charge in [-0.05, 0) is 67.9 Å². The summed E-state index contributed by atoms with van der Waals surface area (Å²) >= 11 is 1.93. The lowest BCUT2D eigenvalue weighted by molar-refractivity contribution is -0.135. The van der Waals surface area contributed by atoms with E-state index in [9.17, 15) is 14.4 Å². The summed E-state index contributed by atoms with van der Waals surface area (Å²) < 4.78 is 10.4. The van der Waals surface area contributed by atoms with E-state index in [0.717, 1.165) is 46.8 Å². The van der Waals surface area contributed by atoms with Crippen molar-refractivity contribution in [3.63, 3.8) is 0 Å². The van der Waals surface area contributed by atoms with E-state index in [2.05, 4.69) is 16.7 Å². The maximum atomic E-state index is 13.7. The third-order valence-electron chi connectivity index (χ3n) is 7.69. The number of rotatable bonds is 4. The first kappa shape index (κ1) is 27.3. The standard InChI is InChI=1S/C29H36N2O5S/c1-5-6-22-15-20(2)26(21(3)16-22)27-23(32)17-29(18-24(27)36-28(34)35-4)7-9-31(10-8-29)25(33)19-30-11-13-37-14-12-30/h15-16H,7-14,17-19H2,1-4H3. The van der Waals surface area contributed by atoms with Crippen molar-refractivity contribution in [3.05, 3.63) is 40.1 Å². The molecule has 3 aliphatic rings. The molecule has 2 fully saturated rings. The van der Waals surface area contributed by atoms with Crippen molar-refractivity contribution in [2.75, 3.05) is 51.3 Å². The minimum atomic E-state index is -0.826. The van der Waals surface area contributed by atoms with Crippen molar-refractivity contribution in [1.82, 2.24) is 9.80 Å². The van der Waals surface area contributed by atoms with Gasteiger partial charge in [0.05, 0.1) is 19.2 Å². The third-order valence-corrected chi connectivity index (χ3v) is 8.64. The molecule has 37 heavy (non-hydrogen) atoms. The van der Waals surface area contributed by atoms with Gasteiger partial charge < -0.3 is 14.4 Å². The Balaban J connectivity index is 1.57. The summed E-state index contributed by atoms with van der Waals surface area (Å²) in [5, 5.41) is 0. The Morgan fingerprint density at radius 3 is 2.30 bits per heavy atom. The summed E-state index contributed by atoms with van der Waals surface area (Å²) in [6.07, 6.45) is 1.41. The van der Waals surface area contributed by atoms with E-state index < -0.39 is 6.16 Å². The highest BCUT2D eigenvalue weighted by atomic mass is 32.2. The number of carbonyl (C=O) groups excluding carboxylic acids is 3. The number of hydrogen-bond acceptors (Lipinski definition) is 7. The Hall–Kier alpha value is -2.76. The number of methoxy groups -OCH3 is 1. The van der Waals surface area contributed by atoms with Gasteiger partial charge in [0.25, 0.3) is 0 Å². The van der Waals surface area contributed by atoms with Crippen LogP contribution in [0.2, 0.25) is 0 Å². The molecule has 1 aromatic carbocycles. The molecule has 4 rings (SSSR count). The topological polar surface area (TPSA) is 76.2 Å². The summed E-state index contributed by atoms with van der Waals surface area (Å²) in [5.74, 6) is 8.64. The lowest BCUT2D eigenvalue weighted by atomic mass is 9.66. The molecule has 0 aromatic heterocycles. The first-order valence-corrected chi connectivity index (χ1v) is 14.0. The average Bonchev–Trinajstić information content (AvgIpc) is 2.86. The largest absolute Gasteiger partial charge is 0.513 e. The van der Waals surface area contributed by atoms with Crippen molar-refractivity contribution >= 4 is 35.2 Å². The molecule has 0 saturated carbocycles. The summed E-state index contributed by atoms with van der Waals surface area (Å²) in [6, 6.07) is 3.93. The SMILES string of the molecule is CC#Cc1cc(C)c(C2=C(OC(=O)OC)CC3(CCN(C(=O)CN4CCSCC4)CC3)CC2=O)c(C)c1. The zero-order valence-electron chi connectivity index (χ0n) is 22.3. The van der Waals surface area contributed by atoms with E-state index in [-0.39, 0.29) is 17.1 Å². The smallest absolute Gasteiger partial charge is 0.437 e. The molecule has 1 aromatic rings. The molecule has 2 saturated heterocycles. The molecule has 0 unspecified atom stereocenters. The molecule has 1 aliphatic carbocycles. The number of thioether (sulfide) groups is 1. The number of ether oxygens (including phenoxy) is 2. The van der Waals surface area contributed by atoms with Gasteiger partial charge >= 0.3 is 6.16 Å². The van der Waals surface area contributed by atoms with Crippen LogP contribution in [0.15, 0.2) is 17.9 Å². The maximum absolute atomic E-state index is 13.7. The predicted octanol–water partition coefficient (Wildman–Crippen LogP) is 4.19. The number of benzene rings is 1. The Morgan fingerprint density at radius 2 is 1.70 bits per heavy atom. The van der Waals surface area contributed by atoms with E-state index in [1.54, 1.807) is 6.92 Å². The molecule has 0 bridgehead atoms. The first-order chi connectivity index (χ1) is 17.7. The van der Waals surface area contributed by atoms with Gasteiger partial charge in [0.15, 0.2) is 5.78 Å². The number of amides is 1. The van der Waals surface area contributed by atoms with Crippen LogP contribution in [0, 0.1) is 31.1 Å². The monoisotopic (exact) mass is 524 g/mol. The van der Waals surface area contributed by atoms with Gasteiger partial charge in [-0.3, -0.25) is 14.5 Å². The molecule has 2 heterocycles. The zero-order chi connectivity index (χ0) is 26.6. The molecule has 0 radical (unpaired) electrons. The van der Waals surface area contributed by atoms with Gasteiger partial charge in [0.2, 0.25) is 5.91 Å². The van der Waals surface area contributed by atoms with Crippen molar-refractivity contribution < 1.29 is 23.9 Å². The molecule has 198 valence electrons. The van der Waals surface area contributed by atoms with E-state index in [1.165, 1.54) is 7.11 Å². The van der Waals surface area contributed by atoms with Gasteiger partial charge in [-0.25, -0.2) is 4.79 Å². The lowest BCUT2D eigenvalue weighted by Crippen LogP contribution is -2.49. The number of likely N-dealkylation sites (tertiary alicyclic amines) is 1. The Labute approximate surface area is 223 Å². The van der Waals surface area contributed by atoms with Gasteiger partial charge in [-0.2, -0.15) is 11.8 Å². The normalized spacial score (nSPS) is 19.9. The van der Waals surface area contributed by atoms with Crippen molar-refractivity contribution in [2.24, 2.45) is 5.41 Å². The molecule has 1 spiro atoms. The fourth-order valence-electron chi connectivity index (χ4n) is 5.79. The summed E-state index contributed by atoms with van der Waals surface area (Å²) in [4.78, 5) is 43.0. The number of piperidine rings is 1. The van der Waals surface area contributed by atoms with E-state index in [4.69, 9.17) is 9.47 Å².